The molecule has 0 spiro atoms. The van der Waals surface area contributed by atoms with E-state index in [1.54, 1.807) is 6.07 Å². The van der Waals surface area contributed by atoms with Gasteiger partial charge < -0.3 is 5.32 Å². The topological polar surface area (TPSA) is 95.2 Å². The fourth-order valence-corrected chi connectivity index (χ4v) is 5.78. The molecule has 7 nitrogen and oxygen atoms in total. The minimum Gasteiger partial charge on any atom is -0.309 e. The number of carbonyl (C=O) groups is 1. The second-order valence-corrected chi connectivity index (χ2v) is 10.8. The first-order chi connectivity index (χ1) is 13.5. The van der Waals surface area contributed by atoms with E-state index in [0.29, 0.717) is 18.7 Å². The summed E-state index contributed by atoms with van der Waals surface area (Å²) < 4.78 is 27.2. The second-order valence-electron chi connectivity index (χ2n) is 8.14. The predicted molar refractivity (Wildman–Crippen MR) is 114 cm³/mol. The van der Waals surface area contributed by atoms with Crippen LogP contribution in [0.25, 0.3) is 0 Å². The number of rotatable bonds is 4. The van der Waals surface area contributed by atoms with Crippen molar-refractivity contribution < 1.29 is 13.2 Å². The van der Waals surface area contributed by atoms with E-state index >= 15 is 0 Å². The highest BCUT2D eigenvalue weighted by Gasteiger charge is 2.34. The van der Waals surface area contributed by atoms with Crippen molar-refractivity contribution in [1.29, 1.82) is 0 Å². The average Bonchev–Trinajstić information content (AvgIpc) is 3.10. The average molecular weight is 459 g/mol. The number of piperidine rings is 1. The summed E-state index contributed by atoms with van der Waals surface area (Å²) in [4.78, 5) is 12.5. The number of aromatic nitrogens is 2. The molecule has 2 heterocycles. The number of hydrogen-bond donors (Lipinski definition) is 2. The minimum atomic E-state index is -3.82. The Balaban J connectivity index is 1.64. The summed E-state index contributed by atoms with van der Waals surface area (Å²) in [6.45, 7) is 6.58. The Bertz CT molecular complexity index is 986. The number of amides is 1. The van der Waals surface area contributed by atoms with Crippen LogP contribution in [-0.2, 0) is 20.2 Å². The van der Waals surface area contributed by atoms with Crippen molar-refractivity contribution in [3.63, 3.8) is 0 Å². The summed E-state index contributed by atoms with van der Waals surface area (Å²) in [6.07, 6.45) is 0.813. The normalized spacial score (nSPS) is 16.7. The lowest BCUT2D eigenvalue weighted by molar-refractivity contribution is -0.120. The SMILES string of the molecule is CC(C)(C)c1cc(NC(=O)C2CCN(S(=O)(=O)c3c(Cl)cccc3Cl)CC2)n[nH]1. The molecule has 1 saturated heterocycles. The van der Waals surface area contributed by atoms with E-state index < -0.39 is 10.0 Å². The maximum absolute atomic E-state index is 12.9. The first-order valence-electron chi connectivity index (χ1n) is 9.31. The standard InChI is InChI=1S/C19H24Cl2N4O3S/c1-19(2,3)15-11-16(24-23-15)22-18(26)12-7-9-25(10-8-12)29(27,28)17-13(20)5-4-6-14(17)21/h4-6,11-12H,7-10H2,1-3H3,(H2,22,23,24,26). The third kappa shape index (κ3) is 4.77. The first kappa shape index (κ1) is 22.1. The summed E-state index contributed by atoms with van der Waals surface area (Å²) in [5, 5.41) is 10.1. The Kier molecular flexibility index (Phi) is 6.29. The van der Waals surface area contributed by atoms with Gasteiger partial charge in [0, 0.05) is 36.2 Å². The number of hydrogen-bond acceptors (Lipinski definition) is 4. The highest BCUT2D eigenvalue weighted by Crippen LogP contribution is 2.33. The van der Waals surface area contributed by atoms with E-state index in [1.165, 1.54) is 16.4 Å². The van der Waals surface area contributed by atoms with Crippen molar-refractivity contribution in [2.24, 2.45) is 5.92 Å². The molecule has 10 heteroatoms. The summed E-state index contributed by atoms with van der Waals surface area (Å²) in [5.74, 6) is 0.0144. The van der Waals surface area contributed by atoms with Crippen LogP contribution >= 0.6 is 23.2 Å². The van der Waals surface area contributed by atoms with E-state index in [-0.39, 0.29) is 45.3 Å². The number of benzene rings is 1. The predicted octanol–water partition coefficient (Wildman–Crippen LogP) is 4.05. The highest BCUT2D eigenvalue weighted by atomic mass is 35.5. The van der Waals surface area contributed by atoms with Gasteiger partial charge in [0.1, 0.15) is 4.90 Å². The van der Waals surface area contributed by atoms with E-state index in [1.807, 2.05) is 26.8 Å². The van der Waals surface area contributed by atoms with Crippen LogP contribution in [0.2, 0.25) is 10.0 Å². The largest absolute Gasteiger partial charge is 0.309 e. The number of aromatic amines is 1. The lowest BCUT2D eigenvalue weighted by Gasteiger charge is -2.30. The van der Waals surface area contributed by atoms with E-state index in [4.69, 9.17) is 23.2 Å². The lowest BCUT2D eigenvalue weighted by Crippen LogP contribution is -2.41. The molecule has 1 amide bonds. The molecular formula is C19H24Cl2N4O3S. The number of sulfonamides is 1. The molecule has 1 aliphatic rings. The molecule has 29 heavy (non-hydrogen) atoms. The third-order valence-corrected chi connectivity index (χ3v) is 7.83. The minimum absolute atomic E-state index is 0.0857. The lowest BCUT2D eigenvalue weighted by atomic mass is 9.92. The van der Waals surface area contributed by atoms with Crippen LogP contribution in [0.4, 0.5) is 5.82 Å². The van der Waals surface area contributed by atoms with Crippen LogP contribution in [-0.4, -0.2) is 41.9 Å². The van der Waals surface area contributed by atoms with Gasteiger partial charge in [0.25, 0.3) is 0 Å². The fourth-order valence-electron chi connectivity index (χ4n) is 3.21. The van der Waals surface area contributed by atoms with E-state index in [9.17, 15) is 13.2 Å². The summed E-state index contributed by atoms with van der Waals surface area (Å²) in [6, 6.07) is 6.41. The molecule has 0 unspecified atom stereocenters. The highest BCUT2D eigenvalue weighted by molar-refractivity contribution is 7.89. The summed E-state index contributed by atoms with van der Waals surface area (Å²) in [5.41, 5.74) is 0.820. The van der Waals surface area contributed by atoms with Crippen LogP contribution in [0.15, 0.2) is 29.2 Å². The third-order valence-electron chi connectivity index (χ3n) is 4.98. The Morgan fingerprint density at radius 2 is 1.79 bits per heavy atom. The molecule has 158 valence electrons. The van der Waals surface area contributed by atoms with Crippen LogP contribution in [0, 0.1) is 5.92 Å². The van der Waals surface area contributed by atoms with Gasteiger partial charge in [-0.05, 0) is 25.0 Å². The number of carbonyl (C=O) groups excluding carboxylic acids is 1. The number of anilines is 1. The number of nitrogens with one attached hydrogen (secondary N) is 2. The molecule has 0 saturated carbocycles. The van der Waals surface area contributed by atoms with Gasteiger partial charge in [0.15, 0.2) is 5.82 Å². The molecule has 1 aliphatic heterocycles. The van der Waals surface area contributed by atoms with E-state index in [2.05, 4.69) is 15.5 Å². The van der Waals surface area contributed by atoms with Crippen LogP contribution in [0.3, 0.4) is 0 Å². The van der Waals surface area contributed by atoms with Gasteiger partial charge in [-0.25, -0.2) is 8.42 Å². The molecule has 0 atom stereocenters. The zero-order valence-corrected chi connectivity index (χ0v) is 18.8. The molecule has 0 bridgehead atoms. The van der Waals surface area contributed by atoms with Gasteiger partial charge in [-0.1, -0.05) is 50.0 Å². The second kappa shape index (κ2) is 8.26. The molecule has 1 aromatic carbocycles. The zero-order valence-electron chi connectivity index (χ0n) is 16.5. The Morgan fingerprint density at radius 3 is 2.31 bits per heavy atom. The van der Waals surface area contributed by atoms with Gasteiger partial charge >= 0.3 is 0 Å². The van der Waals surface area contributed by atoms with Gasteiger partial charge in [0.05, 0.1) is 10.0 Å². The maximum atomic E-state index is 12.9. The number of nitrogens with zero attached hydrogens (tertiary/aromatic N) is 2. The molecule has 2 aromatic rings. The van der Waals surface area contributed by atoms with Gasteiger partial charge in [-0.2, -0.15) is 9.40 Å². The molecule has 1 fully saturated rings. The number of halogens is 2. The van der Waals surface area contributed by atoms with Crippen molar-refractivity contribution in [1.82, 2.24) is 14.5 Å². The fraction of sp³-hybridized carbons (Fsp3) is 0.474. The first-order valence-corrected chi connectivity index (χ1v) is 11.5. The van der Waals surface area contributed by atoms with Crippen molar-refractivity contribution in [3.8, 4) is 0 Å². The molecule has 0 aliphatic carbocycles. The number of H-pyrrole nitrogens is 1. The molecule has 1 aromatic heterocycles. The Labute approximate surface area is 180 Å². The monoisotopic (exact) mass is 458 g/mol. The van der Waals surface area contributed by atoms with Gasteiger partial charge in [0.2, 0.25) is 15.9 Å². The molecule has 2 N–H and O–H groups in total. The zero-order chi connectivity index (χ0) is 21.4. The summed E-state index contributed by atoms with van der Waals surface area (Å²) >= 11 is 12.1. The Morgan fingerprint density at radius 1 is 1.21 bits per heavy atom. The van der Waals surface area contributed by atoms with Crippen LogP contribution in [0.1, 0.15) is 39.3 Å². The van der Waals surface area contributed by atoms with Crippen LogP contribution < -0.4 is 5.32 Å². The van der Waals surface area contributed by atoms with Crippen molar-refractivity contribution in [3.05, 3.63) is 40.0 Å². The van der Waals surface area contributed by atoms with Gasteiger partial charge in [-0.15, -0.1) is 0 Å². The van der Waals surface area contributed by atoms with Gasteiger partial charge in [-0.3, -0.25) is 9.89 Å². The quantitative estimate of drug-likeness (QED) is 0.721. The molecule has 3 rings (SSSR count). The smallest absolute Gasteiger partial charge is 0.246 e. The van der Waals surface area contributed by atoms with Crippen LogP contribution in [0.5, 0.6) is 0 Å². The van der Waals surface area contributed by atoms with Crippen molar-refractivity contribution in [2.75, 3.05) is 18.4 Å². The molecule has 0 radical (unpaired) electrons. The van der Waals surface area contributed by atoms with Crippen molar-refractivity contribution >= 4 is 45.0 Å². The van der Waals surface area contributed by atoms with E-state index in [0.717, 1.165) is 5.69 Å². The Hall–Kier alpha value is -1.61. The maximum Gasteiger partial charge on any atom is 0.246 e. The van der Waals surface area contributed by atoms with Crippen molar-refractivity contribution in [2.45, 2.75) is 43.9 Å². The molecular weight excluding hydrogens is 435 g/mol. The summed E-state index contributed by atoms with van der Waals surface area (Å²) in [7, 11) is -3.82.